The molecule has 1 aromatic heterocycles. The molecule has 3 N–H and O–H groups in total. The zero-order chi connectivity index (χ0) is 24.4. The molecule has 3 aromatic rings. The third kappa shape index (κ3) is 5.05. The third-order valence-electron chi connectivity index (χ3n) is 6.40. The fraction of sp³-hybridized carbons (Fsp3) is 0.308. The van der Waals surface area contributed by atoms with E-state index in [1.165, 1.54) is 16.7 Å². The largest absolute Gasteiger partial charge is 0.476 e. The minimum absolute atomic E-state index is 0.00380. The van der Waals surface area contributed by atoms with E-state index < -0.39 is 18.1 Å². The molecular formula is C26H25N3O5S. The van der Waals surface area contributed by atoms with Crippen molar-refractivity contribution >= 4 is 29.3 Å². The van der Waals surface area contributed by atoms with Gasteiger partial charge in [-0.25, -0.2) is 14.6 Å². The summed E-state index contributed by atoms with van der Waals surface area (Å²) in [6, 6.07) is 15.6. The summed E-state index contributed by atoms with van der Waals surface area (Å²) in [7, 11) is 0. The number of nitrogens with zero attached hydrogens (tertiary/aromatic N) is 1. The molecule has 35 heavy (non-hydrogen) atoms. The van der Waals surface area contributed by atoms with Gasteiger partial charge in [-0.2, -0.15) is 0 Å². The lowest BCUT2D eigenvalue weighted by Crippen LogP contribution is -2.48. The van der Waals surface area contributed by atoms with E-state index in [-0.39, 0.29) is 30.0 Å². The fourth-order valence-electron chi connectivity index (χ4n) is 4.52. The maximum absolute atomic E-state index is 12.8. The average molecular weight is 492 g/mol. The molecule has 180 valence electrons. The van der Waals surface area contributed by atoms with Gasteiger partial charge in [0.05, 0.1) is 5.01 Å². The molecule has 5 rings (SSSR count). The molecule has 2 aromatic carbocycles. The van der Waals surface area contributed by atoms with Crippen LogP contribution in [0, 0.1) is 5.92 Å². The Morgan fingerprint density at radius 3 is 2.31 bits per heavy atom. The van der Waals surface area contributed by atoms with E-state index in [0.717, 1.165) is 35.1 Å². The number of carbonyl (C=O) groups excluding carboxylic acids is 2. The maximum atomic E-state index is 12.8. The maximum Gasteiger partial charge on any atom is 0.407 e. The van der Waals surface area contributed by atoms with Crippen molar-refractivity contribution in [2.24, 2.45) is 5.92 Å². The molecule has 0 radical (unpaired) electrons. The number of amides is 2. The molecule has 1 unspecified atom stereocenters. The van der Waals surface area contributed by atoms with Gasteiger partial charge >= 0.3 is 12.1 Å². The van der Waals surface area contributed by atoms with Crippen LogP contribution in [0.2, 0.25) is 0 Å². The van der Waals surface area contributed by atoms with Crippen LogP contribution < -0.4 is 10.6 Å². The van der Waals surface area contributed by atoms with Gasteiger partial charge in [-0.1, -0.05) is 48.5 Å². The second-order valence-corrected chi connectivity index (χ2v) is 9.70. The van der Waals surface area contributed by atoms with Gasteiger partial charge in [0.2, 0.25) is 5.91 Å². The number of aromatic nitrogens is 1. The number of hydrogen-bond acceptors (Lipinski definition) is 6. The molecule has 0 aliphatic heterocycles. The molecule has 9 heteroatoms. The van der Waals surface area contributed by atoms with Crippen LogP contribution in [-0.2, 0) is 16.0 Å². The summed E-state index contributed by atoms with van der Waals surface area (Å²) in [4.78, 5) is 40.4. The SMILES string of the molecule is O=C(NC(C(=O)NCCc1nc(C(=O)O)cs1)C1CC1)OCC1c2ccccc2-c2ccccc21. The minimum Gasteiger partial charge on any atom is -0.476 e. The number of thiazole rings is 1. The molecule has 1 heterocycles. The lowest BCUT2D eigenvalue weighted by atomic mass is 9.98. The van der Waals surface area contributed by atoms with E-state index in [9.17, 15) is 14.4 Å². The molecular weight excluding hydrogens is 466 g/mol. The highest BCUT2D eigenvalue weighted by Gasteiger charge is 2.38. The predicted octanol–water partition coefficient (Wildman–Crippen LogP) is 3.82. The number of hydrogen-bond donors (Lipinski definition) is 3. The summed E-state index contributed by atoms with van der Waals surface area (Å²) in [6.07, 6.45) is 1.56. The molecule has 1 atom stereocenters. The van der Waals surface area contributed by atoms with Crippen LogP contribution in [0.5, 0.6) is 0 Å². The Morgan fingerprint density at radius 2 is 1.71 bits per heavy atom. The number of carboxylic acids is 1. The van der Waals surface area contributed by atoms with Crippen molar-refractivity contribution in [1.29, 1.82) is 0 Å². The normalized spacial score (nSPS) is 15.1. The second kappa shape index (κ2) is 9.87. The number of ether oxygens (including phenoxy) is 1. The van der Waals surface area contributed by atoms with E-state index in [2.05, 4.69) is 39.9 Å². The number of benzene rings is 2. The first-order valence-electron chi connectivity index (χ1n) is 11.6. The van der Waals surface area contributed by atoms with Gasteiger partial charge in [-0.05, 0) is 41.0 Å². The first-order chi connectivity index (χ1) is 17.0. The molecule has 8 nitrogen and oxygen atoms in total. The molecule has 2 aliphatic carbocycles. The van der Waals surface area contributed by atoms with Crippen molar-refractivity contribution < 1.29 is 24.2 Å². The Balaban J connectivity index is 1.15. The highest BCUT2D eigenvalue weighted by Crippen LogP contribution is 2.44. The number of aromatic carboxylic acids is 1. The van der Waals surface area contributed by atoms with Gasteiger partial charge in [-0.3, -0.25) is 4.79 Å². The predicted molar refractivity (Wildman–Crippen MR) is 131 cm³/mol. The van der Waals surface area contributed by atoms with Crippen LogP contribution in [0.4, 0.5) is 4.79 Å². The Kier molecular flexibility index (Phi) is 6.50. The van der Waals surface area contributed by atoms with Crippen LogP contribution >= 0.6 is 11.3 Å². The Hall–Kier alpha value is -3.72. The Labute approximate surface area is 206 Å². The van der Waals surface area contributed by atoms with Crippen LogP contribution in [0.1, 0.15) is 45.4 Å². The van der Waals surface area contributed by atoms with E-state index in [4.69, 9.17) is 9.84 Å². The smallest absolute Gasteiger partial charge is 0.407 e. The molecule has 2 aliphatic rings. The van der Waals surface area contributed by atoms with Crippen molar-refractivity contribution in [3.05, 3.63) is 75.7 Å². The third-order valence-corrected chi connectivity index (χ3v) is 7.31. The lowest BCUT2D eigenvalue weighted by molar-refractivity contribution is -0.123. The van der Waals surface area contributed by atoms with Gasteiger partial charge in [0, 0.05) is 24.3 Å². The number of carbonyl (C=O) groups is 3. The van der Waals surface area contributed by atoms with Gasteiger partial charge < -0.3 is 20.5 Å². The van der Waals surface area contributed by atoms with Crippen LogP contribution in [0.15, 0.2) is 53.9 Å². The Bertz CT molecular complexity index is 1220. The number of fused-ring (bicyclic) bond motifs is 3. The summed E-state index contributed by atoms with van der Waals surface area (Å²) in [5, 5.41) is 16.7. The van der Waals surface area contributed by atoms with Gasteiger partial charge in [0.15, 0.2) is 5.69 Å². The molecule has 1 fully saturated rings. The summed E-state index contributed by atoms with van der Waals surface area (Å²) in [6.45, 7) is 0.496. The van der Waals surface area contributed by atoms with Gasteiger partial charge in [0.1, 0.15) is 12.6 Å². The molecule has 0 saturated heterocycles. The summed E-state index contributed by atoms with van der Waals surface area (Å²) in [5.41, 5.74) is 4.58. The van der Waals surface area contributed by atoms with Crippen molar-refractivity contribution in [2.45, 2.75) is 31.2 Å². The van der Waals surface area contributed by atoms with Crippen molar-refractivity contribution in [1.82, 2.24) is 15.6 Å². The van der Waals surface area contributed by atoms with E-state index in [1.807, 2.05) is 24.3 Å². The number of alkyl carbamates (subject to hydrolysis) is 1. The molecule has 2 amide bonds. The Morgan fingerprint density at radius 1 is 1.06 bits per heavy atom. The van der Waals surface area contributed by atoms with Crippen LogP contribution in [-0.4, -0.2) is 47.3 Å². The first-order valence-corrected chi connectivity index (χ1v) is 12.5. The topological polar surface area (TPSA) is 118 Å². The zero-order valence-electron chi connectivity index (χ0n) is 18.9. The fourth-order valence-corrected chi connectivity index (χ4v) is 5.29. The minimum atomic E-state index is -1.07. The van der Waals surface area contributed by atoms with E-state index >= 15 is 0 Å². The number of nitrogens with one attached hydrogen (secondary N) is 2. The summed E-state index contributed by atoms with van der Waals surface area (Å²) >= 11 is 1.24. The lowest BCUT2D eigenvalue weighted by Gasteiger charge is -2.19. The van der Waals surface area contributed by atoms with Crippen molar-refractivity contribution in [3.8, 4) is 11.1 Å². The number of carboxylic acid groups (broad SMARTS) is 1. The van der Waals surface area contributed by atoms with Crippen LogP contribution in [0.3, 0.4) is 0 Å². The highest BCUT2D eigenvalue weighted by atomic mass is 32.1. The monoisotopic (exact) mass is 491 g/mol. The summed E-state index contributed by atoms with van der Waals surface area (Å²) < 4.78 is 5.60. The second-order valence-electron chi connectivity index (χ2n) is 8.76. The van der Waals surface area contributed by atoms with E-state index in [1.54, 1.807) is 0 Å². The quantitative estimate of drug-likeness (QED) is 0.419. The van der Waals surface area contributed by atoms with Crippen molar-refractivity contribution in [2.75, 3.05) is 13.2 Å². The summed E-state index contributed by atoms with van der Waals surface area (Å²) in [5.74, 6) is -1.29. The van der Waals surface area contributed by atoms with Crippen LogP contribution in [0.25, 0.3) is 11.1 Å². The van der Waals surface area contributed by atoms with E-state index in [0.29, 0.717) is 18.0 Å². The standard InChI is InChI=1S/C26H25N3O5S/c30-24(27-12-11-22-28-21(14-35-22)25(31)32)23(15-9-10-15)29-26(33)34-13-20-18-7-3-1-5-16(18)17-6-2-4-8-19(17)20/h1-8,14-15,20,23H,9-13H2,(H,27,30)(H,29,33)(H,31,32). The van der Waals surface area contributed by atoms with Gasteiger partial charge in [0.25, 0.3) is 0 Å². The molecule has 0 bridgehead atoms. The van der Waals surface area contributed by atoms with Gasteiger partial charge in [-0.15, -0.1) is 11.3 Å². The molecule has 1 saturated carbocycles. The first kappa shape index (κ1) is 23.0. The molecule has 0 spiro atoms. The highest BCUT2D eigenvalue weighted by molar-refractivity contribution is 7.09. The number of rotatable bonds is 9. The average Bonchev–Trinajstić information content (AvgIpc) is 3.50. The van der Waals surface area contributed by atoms with Crippen molar-refractivity contribution in [3.63, 3.8) is 0 Å². The zero-order valence-corrected chi connectivity index (χ0v) is 19.7.